The van der Waals surface area contributed by atoms with Gasteiger partial charge in [-0.3, -0.25) is 4.79 Å². The molecule has 25 heavy (non-hydrogen) atoms. The van der Waals surface area contributed by atoms with E-state index < -0.39 is 0 Å². The van der Waals surface area contributed by atoms with Crippen LogP contribution in [-0.4, -0.2) is 25.8 Å². The standard InChI is InChI=1S/C20H24N2O3/c1-15(9-10-16-7-5-4-6-8-16)21-22-20(23)14-17-11-12-18(24-2)19(13-17)25-3/h4-8,11-13H,9-10,14H2,1-3H3,(H,22,23)/b21-15-. The van der Waals surface area contributed by atoms with Crippen LogP contribution in [0.15, 0.2) is 53.6 Å². The molecule has 0 aromatic heterocycles. The lowest BCUT2D eigenvalue weighted by Crippen LogP contribution is -2.21. The summed E-state index contributed by atoms with van der Waals surface area (Å²) in [5, 5.41) is 4.17. The highest BCUT2D eigenvalue weighted by Crippen LogP contribution is 2.27. The maximum Gasteiger partial charge on any atom is 0.244 e. The van der Waals surface area contributed by atoms with Crippen molar-refractivity contribution in [2.75, 3.05) is 14.2 Å². The number of carbonyl (C=O) groups excluding carboxylic acids is 1. The first kappa shape index (κ1) is 18.5. The largest absolute Gasteiger partial charge is 0.493 e. The Hall–Kier alpha value is -2.82. The zero-order valence-electron chi connectivity index (χ0n) is 14.9. The molecule has 0 atom stereocenters. The van der Waals surface area contributed by atoms with Crippen molar-refractivity contribution in [3.8, 4) is 11.5 Å². The van der Waals surface area contributed by atoms with Crippen LogP contribution in [0.3, 0.4) is 0 Å². The van der Waals surface area contributed by atoms with Crippen LogP contribution in [0.1, 0.15) is 24.5 Å². The summed E-state index contributed by atoms with van der Waals surface area (Å²) in [6, 6.07) is 15.6. The lowest BCUT2D eigenvalue weighted by molar-refractivity contribution is -0.120. The van der Waals surface area contributed by atoms with Gasteiger partial charge in [0.15, 0.2) is 11.5 Å². The van der Waals surface area contributed by atoms with Gasteiger partial charge in [0.25, 0.3) is 0 Å². The highest BCUT2D eigenvalue weighted by molar-refractivity contribution is 5.85. The van der Waals surface area contributed by atoms with Crippen molar-refractivity contribution in [2.24, 2.45) is 5.10 Å². The molecule has 0 heterocycles. The van der Waals surface area contributed by atoms with Gasteiger partial charge in [0.1, 0.15) is 0 Å². The molecule has 132 valence electrons. The molecule has 1 N–H and O–H groups in total. The number of hydrogen-bond donors (Lipinski definition) is 1. The van der Waals surface area contributed by atoms with E-state index in [9.17, 15) is 4.79 Å². The molecule has 2 aromatic carbocycles. The van der Waals surface area contributed by atoms with Crippen molar-refractivity contribution in [3.63, 3.8) is 0 Å². The van der Waals surface area contributed by atoms with E-state index in [2.05, 4.69) is 22.7 Å². The number of hydrogen-bond acceptors (Lipinski definition) is 4. The van der Waals surface area contributed by atoms with Gasteiger partial charge < -0.3 is 9.47 Å². The van der Waals surface area contributed by atoms with Crippen LogP contribution >= 0.6 is 0 Å². The third kappa shape index (κ3) is 5.95. The van der Waals surface area contributed by atoms with Crippen molar-refractivity contribution >= 4 is 11.6 Å². The van der Waals surface area contributed by atoms with E-state index in [1.165, 1.54) is 5.56 Å². The SMILES string of the molecule is COc1ccc(CC(=O)N/N=C(/C)CCc2ccccc2)cc1OC. The van der Waals surface area contributed by atoms with E-state index >= 15 is 0 Å². The van der Waals surface area contributed by atoms with E-state index in [1.54, 1.807) is 26.4 Å². The number of benzene rings is 2. The predicted molar refractivity (Wildman–Crippen MR) is 99.3 cm³/mol. The molecule has 2 rings (SSSR count). The number of nitrogens with zero attached hydrogens (tertiary/aromatic N) is 1. The Morgan fingerprint density at radius 3 is 2.40 bits per heavy atom. The maximum atomic E-state index is 12.1. The van der Waals surface area contributed by atoms with Gasteiger partial charge in [0, 0.05) is 5.71 Å². The second-order valence-electron chi connectivity index (χ2n) is 5.73. The minimum absolute atomic E-state index is 0.161. The highest BCUT2D eigenvalue weighted by Gasteiger charge is 2.08. The van der Waals surface area contributed by atoms with Gasteiger partial charge in [-0.2, -0.15) is 5.10 Å². The number of hydrazone groups is 1. The summed E-state index contributed by atoms with van der Waals surface area (Å²) in [5.74, 6) is 1.09. The summed E-state index contributed by atoms with van der Waals surface area (Å²) in [6.45, 7) is 1.92. The Morgan fingerprint density at radius 1 is 1.00 bits per heavy atom. The molecule has 0 aliphatic heterocycles. The summed E-state index contributed by atoms with van der Waals surface area (Å²) in [7, 11) is 3.15. The highest BCUT2D eigenvalue weighted by atomic mass is 16.5. The molecule has 0 unspecified atom stereocenters. The summed E-state index contributed by atoms with van der Waals surface area (Å²) in [5.41, 5.74) is 5.60. The Balaban J connectivity index is 1.85. The number of nitrogens with one attached hydrogen (secondary N) is 1. The third-order valence-corrected chi connectivity index (χ3v) is 3.80. The zero-order valence-corrected chi connectivity index (χ0v) is 14.9. The number of ether oxygens (including phenoxy) is 2. The first-order valence-corrected chi connectivity index (χ1v) is 8.19. The predicted octanol–water partition coefficient (Wildman–Crippen LogP) is 3.37. The van der Waals surface area contributed by atoms with Crippen molar-refractivity contribution < 1.29 is 14.3 Å². The molecular weight excluding hydrogens is 316 g/mol. The van der Waals surface area contributed by atoms with Crippen molar-refractivity contribution in [3.05, 3.63) is 59.7 Å². The van der Waals surface area contributed by atoms with Crippen LogP contribution in [-0.2, 0) is 17.6 Å². The van der Waals surface area contributed by atoms with Gasteiger partial charge in [0.05, 0.1) is 20.6 Å². The second-order valence-corrected chi connectivity index (χ2v) is 5.73. The Morgan fingerprint density at radius 2 is 1.72 bits per heavy atom. The summed E-state index contributed by atoms with van der Waals surface area (Å²) in [6.07, 6.45) is 1.94. The summed E-state index contributed by atoms with van der Waals surface area (Å²) in [4.78, 5) is 12.1. The molecule has 0 saturated heterocycles. The van der Waals surface area contributed by atoms with E-state index in [-0.39, 0.29) is 12.3 Å². The quantitative estimate of drug-likeness (QED) is 0.592. The minimum Gasteiger partial charge on any atom is -0.493 e. The van der Waals surface area contributed by atoms with E-state index in [1.807, 2.05) is 31.2 Å². The molecular formula is C20H24N2O3. The smallest absolute Gasteiger partial charge is 0.244 e. The van der Waals surface area contributed by atoms with E-state index in [0.29, 0.717) is 11.5 Å². The number of carbonyl (C=O) groups is 1. The molecule has 0 bridgehead atoms. The van der Waals surface area contributed by atoms with Crippen LogP contribution in [0.2, 0.25) is 0 Å². The molecule has 5 nitrogen and oxygen atoms in total. The molecule has 0 spiro atoms. The van der Waals surface area contributed by atoms with E-state index in [0.717, 1.165) is 24.1 Å². The third-order valence-electron chi connectivity index (χ3n) is 3.80. The van der Waals surface area contributed by atoms with E-state index in [4.69, 9.17) is 9.47 Å². The zero-order chi connectivity index (χ0) is 18.1. The molecule has 5 heteroatoms. The average Bonchev–Trinajstić information content (AvgIpc) is 2.65. The topological polar surface area (TPSA) is 59.9 Å². The minimum atomic E-state index is -0.161. The van der Waals surface area contributed by atoms with Crippen molar-refractivity contribution in [1.29, 1.82) is 0 Å². The average molecular weight is 340 g/mol. The van der Waals surface area contributed by atoms with Crippen LogP contribution in [0.25, 0.3) is 0 Å². The van der Waals surface area contributed by atoms with Gasteiger partial charge >= 0.3 is 0 Å². The van der Waals surface area contributed by atoms with Gasteiger partial charge in [-0.1, -0.05) is 36.4 Å². The Kier molecular flexibility index (Phi) is 7.01. The fourth-order valence-corrected chi connectivity index (χ4v) is 2.40. The maximum absolute atomic E-state index is 12.1. The van der Waals surface area contributed by atoms with Crippen molar-refractivity contribution in [1.82, 2.24) is 5.43 Å². The number of amides is 1. The van der Waals surface area contributed by atoms with Crippen molar-refractivity contribution in [2.45, 2.75) is 26.2 Å². The fraction of sp³-hybridized carbons (Fsp3) is 0.300. The van der Waals surface area contributed by atoms with Gasteiger partial charge in [-0.05, 0) is 43.0 Å². The lowest BCUT2D eigenvalue weighted by Gasteiger charge is -2.09. The second kappa shape index (κ2) is 9.47. The molecule has 0 radical (unpaired) electrons. The summed E-state index contributed by atoms with van der Waals surface area (Å²) >= 11 is 0. The molecule has 2 aromatic rings. The number of rotatable bonds is 8. The van der Waals surface area contributed by atoms with Gasteiger partial charge in [0.2, 0.25) is 5.91 Å². The van der Waals surface area contributed by atoms with Gasteiger partial charge in [-0.15, -0.1) is 0 Å². The van der Waals surface area contributed by atoms with Crippen LogP contribution in [0, 0.1) is 0 Å². The van der Waals surface area contributed by atoms with Gasteiger partial charge in [-0.25, -0.2) is 5.43 Å². The molecule has 0 fully saturated rings. The Bertz CT molecular complexity index is 727. The molecule has 0 aliphatic rings. The first-order valence-electron chi connectivity index (χ1n) is 8.19. The molecule has 0 saturated carbocycles. The van der Waals surface area contributed by atoms with Crippen LogP contribution in [0.5, 0.6) is 11.5 Å². The molecule has 1 amide bonds. The normalized spacial score (nSPS) is 11.1. The van der Waals surface area contributed by atoms with Crippen LogP contribution in [0.4, 0.5) is 0 Å². The number of aryl methyl sites for hydroxylation is 1. The molecule has 0 aliphatic carbocycles. The number of methoxy groups -OCH3 is 2. The monoisotopic (exact) mass is 340 g/mol. The first-order chi connectivity index (χ1) is 12.1. The fourth-order valence-electron chi connectivity index (χ4n) is 2.40. The lowest BCUT2D eigenvalue weighted by atomic mass is 10.1. The summed E-state index contributed by atoms with van der Waals surface area (Å²) < 4.78 is 10.4. The van der Waals surface area contributed by atoms with Crippen LogP contribution < -0.4 is 14.9 Å². The Labute approximate surface area is 148 Å².